The third-order valence-corrected chi connectivity index (χ3v) is 3.29. The van der Waals surface area contributed by atoms with Crippen LogP contribution in [0.25, 0.3) is 0 Å². The van der Waals surface area contributed by atoms with E-state index in [9.17, 15) is 0 Å². The fourth-order valence-electron chi connectivity index (χ4n) is 1.22. The summed E-state index contributed by atoms with van der Waals surface area (Å²) < 4.78 is 8.19. The standard InChI is InChI=1S/C11H11ClN4OS/c1-7-6-14-10(11(15-7)17-2)16-18-8-4-3-5-13-9(8)12/h3-6H,1-2H3,(H,14,16). The van der Waals surface area contributed by atoms with Crippen molar-refractivity contribution in [2.24, 2.45) is 0 Å². The molecule has 94 valence electrons. The molecule has 0 spiro atoms. The molecular weight excluding hydrogens is 272 g/mol. The molecule has 2 heterocycles. The van der Waals surface area contributed by atoms with Gasteiger partial charge in [0.25, 0.3) is 5.88 Å². The number of nitrogens with one attached hydrogen (secondary N) is 1. The van der Waals surface area contributed by atoms with Crippen molar-refractivity contribution in [2.75, 3.05) is 11.8 Å². The largest absolute Gasteiger partial charge is 0.478 e. The van der Waals surface area contributed by atoms with Crippen molar-refractivity contribution in [1.82, 2.24) is 15.0 Å². The van der Waals surface area contributed by atoms with Gasteiger partial charge in [-0.25, -0.2) is 15.0 Å². The average Bonchev–Trinajstić information content (AvgIpc) is 2.39. The van der Waals surface area contributed by atoms with Gasteiger partial charge < -0.3 is 9.46 Å². The van der Waals surface area contributed by atoms with E-state index in [4.69, 9.17) is 16.3 Å². The summed E-state index contributed by atoms with van der Waals surface area (Å²) in [6.45, 7) is 1.85. The molecule has 18 heavy (non-hydrogen) atoms. The molecular formula is C11H11ClN4OS. The Labute approximate surface area is 114 Å². The van der Waals surface area contributed by atoms with Crippen LogP contribution in [0.3, 0.4) is 0 Å². The molecule has 0 saturated carbocycles. The fraction of sp³-hybridized carbons (Fsp3) is 0.182. The van der Waals surface area contributed by atoms with Gasteiger partial charge in [0.2, 0.25) is 0 Å². The highest BCUT2D eigenvalue weighted by Crippen LogP contribution is 2.28. The highest BCUT2D eigenvalue weighted by atomic mass is 35.5. The van der Waals surface area contributed by atoms with Crippen LogP contribution in [-0.4, -0.2) is 22.1 Å². The summed E-state index contributed by atoms with van der Waals surface area (Å²) in [7, 11) is 1.55. The summed E-state index contributed by atoms with van der Waals surface area (Å²) in [6, 6.07) is 3.68. The quantitative estimate of drug-likeness (QED) is 0.687. The normalized spacial score (nSPS) is 10.2. The van der Waals surface area contributed by atoms with E-state index < -0.39 is 0 Å². The van der Waals surface area contributed by atoms with Crippen LogP contribution in [0.2, 0.25) is 5.15 Å². The van der Waals surface area contributed by atoms with Gasteiger partial charge in [0.1, 0.15) is 5.15 Å². The topological polar surface area (TPSA) is 59.9 Å². The molecule has 0 bridgehead atoms. The lowest BCUT2D eigenvalue weighted by molar-refractivity contribution is 0.397. The summed E-state index contributed by atoms with van der Waals surface area (Å²) in [6.07, 6.45) is 3.30. The molecule has 0 radical (unpaired) electrons. The Morgan fingerprint density at radius 2 is 2.22 bits per heavy atom. The van der Waals surface area contributed by atoms with Crippen molar-refractivity contribution in [3.8, 4) is 5.88 Å². The minimum absolute atomic E-state index is 0.439. The van der Waals surface area contributed by atoms with Crippen molar-refractivity contribution in [3.05, 3.63) is 35.4 Å². The van der Waals surface area contributed by atoms with Crippen LogP contribution in [0.5, 0.6) is 5.88 Å². The number of pyridine rings is 1. The van der Waals surface area contributed by atoms with Gasteiger partial charge in [0.05, 0.1) is 23.9 Å². The number of nitrogens with zero attached hydrogens (tertiary/aromatic N) is 3. The Kier molecular flexibility index (Phi) is 4.22. The SMILES string of the molecule is COc1nc(C)cnc1NSc1cccnc1Cl. The maximum atomic E-state index is 5.95. The second-order valence-electron chi connectivity index (χ2n) is 3.37. The fourth-order valence-corrected chi connectivity index (χ4v) is 2.08. The molecule has 0 aliphatic carbocycles. The number of hydrogen-bond donors (Lipinski definition) is 1. The molecule has 2 rings (SSSR count). The van der Waals surface area contributed by atoms with Gasteiger partial charge in [-0.3, -0.25) is 0 Å². The molecule has 0 fully saturated rings. The number of rotatable bonds is 4. The van der Waals surface area contributed by atoms with Gasteiger partial charge in [-0.2, -0.15) is 0 Å². The Morgan fingerprint density at radius 3 is 2.94 bits per heavy atom. The van der Waals surface area contributed by atoms with Crippen LogP contribution in [-0.2, 0) is 0 Å². The van der Waals surface area contributed by atoms with Gasteiger partial charge in [-0.15, -0.1) is 0 Å². The molecule has 0 amide bonds. The first-order chi connectivity index (χ1) is 8.70. The average molecular weight is 283 g/mol. The molecule has 0 aliphatic rings. The van der Waals surface area contributed by atoms with Crippen LogP contribution in [0, 0.1) is 6.92 Å². The van der Waals surface area contributed by atoms with Crippen molar-refractivity contribution in [1.29, 1.82) is 0 Å². The zero-order valence-electron chi connectivity index (χ0n) is 9.85. The predicted octanol–water partition coefficient (Wildman–Crippen LogP) is 2.96. The molecule has 2 aromatic heterocycles. The lowest BCUT2D eigenvalue weighted by Gasteiger charge is -2.09. The second-order valence-corrected chi connectivity index (χ2v) is 4.57. The summed E-state index contributed by atoms with van der Waals surface area (Å²) in [5, 5.41) is 0.439. The third-order valence-electron chi connectivity index (χ3n) is 2.04. The lowest BCUT2D eigenvalue weighted by Crippen LogP contribution is -1.99. The molecule has 5 nitrogen and oxygen atoms in total. The van der Waals surface area contributed by atoms with Crippen molar-refractivity contribution < 1.29 is 4.74 Å². The third kappa shape index (κ3) is 3.02. The number of aryl methyl sites for hydroxylation is 1. The predicted molar refractivity (Wildman–Crippen MR) is 72.0 cm³/mol. The van der Waals surface area contributed by atoms with Crippen molar-refractivity contribution in [3.63, 3.8) is 0 Å². The summed E-state index contributed by atoms with van der Waals surface area (Å²) in [5.74, 6) is 0.996. The van der Waals surface area contributed by atoms with Gasteiger partial charge in [-0.05, 0) is 31.0 Å². The van der Waals surface area contributed by atoms with Gasteiger partial charge >= 0.3 is 0 Å². The smallest absolute Gasteiger partial charge is 0.258 e. The van der Waals surface area contributed by atoms with E-state index in [2.05, 4.69) is 19.7 Å². The molecule has 1 N–H and O–H groups in total. The number of hydrogen-bond acceptors (Lipinski definition) is 6. The van der Waals surface area contributed by atoms with Crippen LogP contribution in [0.4, 0.5) is 5.82 Å². The van der Waals surface area contributed by atoms with Crippen LogP contribution in [0.15, 0.2) is 29.4 Å². The van der Waals surface area contributed by atoms with Crippen molar-refractivity contribution in [2.45, 2.75) is 11.8 Å². The first kappa shape index (κ1) is 12.9. The first-order valence-electron chi connectivity index (χ1n) is 5.11. The first-order valence-corrected chi connectivity index (χ1v) is 6.31. The number of methoxy groups -OCH3 is 1. The molecule has 0 aliphatic heterocycles. The molecule has 7 heteroatoms. The molecule has 0 atom stereocenters. The van der Waals surface area contributed by atoms with E-state index in [0.717, 1.165) is 10.6 Å². The summed E-state index contributed by atoms with van der Waals surface area (Å²) >= 11 is 7.26. The second kappa shape index (κ2) is 5.88. The van der Waals surface area contributed by atoms with E-state index in [1.54, 1.807) is 19.5 Å². The summed E-state index contributed by atoms with van der Waals surface area (Å²) in [4.78, 5) is 13.2. The van der Waals surface area contributed by atoms with Gasteiger partial charge in [0.15, 0.2) is 5.82 Å². The number of anilines is 1. The Morgan fingerprint density at radius 1 is 1.39 bits per heavy atom. The maximum absolute atomic E-state index is 5.95. The highest BCUT2D eigenvalue weighted by Gasteiger charge is 2.08. The van der Waals surface area contributed by atoms with E-state index >= 15 is 0 Å². The van der Waals surface area contributed by atoms with Crippen LogP contribution >= 0.6 is 23.5 Å². The van der Waals surface area contributed by atoms with E-state index in [1.807, 2.05) is 19.1 Å². The van der Waals surface area contributed by atoms with Crippen molar-refractivity contribution >= 4 is 29.4 Å². The van der Waals surface area contributed by atoms with Crippen LogP contribution in [0.1, 0.15) is 5.69 Å². The van der Waals surface area contributed by atoms with E-state index in [0.29, 0.717) is 16.9 Å². The highest BCUT2D eigenvalue weighted by molar-refractivity contribution is 8.00. The zero-order chi connectivity index (χ0) is 13.0. The van der Waals surface area contributed by atoms with E-state index in [-0.39, 0.29) is 0 Å². The summed E-state index contributed by atoms with van der Waals surface area (Å²) in [5.41, 5.74) is 0.793. The monoisotopic (exact) mass is 282 g/mol. The minimum atomic E-state index is 0.439. The molecule has 2 aromatic rings. The molecule has 0 unspecified atom stereocenters. The number of halogens is 1. The maximum Gasteiger partial charge on any atom is 0.258 e. The minimum Gasteiger partial charge on any atom is -0.478 e. The van der Waals surface area contributed by atoms with Crippen LogP contribution < -0.4 is 9.46 Å². The van der Waals surface area contributed by atoms with E-state index in [1.165, 1.54) is 11.9 Å². The lowest BCUT2D eigenvalue weighted by atomic mass is 10.5. The Hall–Kier alpha value is -1.53. The molecule has 0 aromatic carbocycles. The molecule has 0 saturated heterocycles. The van der Waals surface area contributed by atoms with Gasteiger partial charge in [0, 0.05) is 6.20 Å². The Bertz CT molecular complexity index is 552. The Balaban J connectivity index is 2.13. The number of aromatic nitrogens is 3. The number of ether oxygens (including phenoxy) is 1. The zero-order valence-corrected chi connectivity index (χ0v) is 11.4. The van der Waals surface area contributed by atoms with Gasteiger partial charge in [-0.1, -0.05) is 11.6 Å².